The Morgan fingerprint density at radius 3 is 2.19 bits per heavy atom. The number of carbonyl (C=O) groups excluding carboxylic acids is 1. The lowest BCUT2D eigenvalue weighted by Crippen LogP contribution is -2.44. The van der Waals surface area contributed by atoms with Gasteiger partial charge in [-0.15, -0.1) is 5.10 Å². The summed E-state index contributed by atoms with van der Waals surface area (Å²) in [5, 5.41) is 6.37. The van der Waals surface area contributed by atoms with Crippen molar-refractivity contribution >= 4 is 29.1 Å². The highest BCUT2D eigenvalue weighted by Gasteiger charge is 2.43. The summed E-state index contributed by atoms with van der Waals surface area (Å²) >= 11 is 0. The lowest BCUT2D eigenvalue weighted by molar-refractivity contribution is -0.135. The monoisotopic (exact) mass is 422 g/mol. The normalized spacial score (nSPS) is 17.3. The van der Waals surface area contributed by atoms with E-state index in [2.05, 4.69) is 11.2 Å². The van der Waals surface area contributed by atoms with Gasteiger partial charge in [0.2, 0.25) is 11.8 Å². The third-order valence-electron chi connectivity index (χ3n) is 5.31. The minimum atomic E-state index is -0.476. The number of amidine groups is 1. The fraction of sp³-hybridized carbons (Fsp3) is 0.115. The van der Waals surface area contributed by atoms with Crippen molar-refractivity contribution in [1.82, 2.24) is 4.90 Å². The predicted octanol–water partition coefficient (Wildman–Crippen LogP) is 4.84. The van der Waals surface area contributed by atoms with Gasteiger partial charge in [0.1, 0.15) is 0 Å². The van der Waals surface area contributed by atoms with Crippen molar-refractivity contribution in [3.8, 4) is 0 Å². The van der Waals surface area contributed by atoms with Crippen LogP contribution in [0.3, 0.4) is 0 Å². The highest BCUT2D eigenvalue weighted by Crippen LogP contribution is 2.37. The molecule has 0 aromatic heterocycles. The lowest BCUT2D eigenvalue weighted by atomic mass is 10.0. The van der Waals surface area contributed by atoms with Crippen LogP contribution >= 0.6 is 0 Å². The molecule has 2 aliphatic heterocycles. The number of carbonyl (C=O) groups is 1. The van der Waals surface area contributed by atoms with Gasteiger partial charge >= 0.3 is 5.97 Å². The van der Waals surface area contributed by atoms with E-state index in [0.29, 0.717) is 5.96 Å². The SMILES string of the molecule is CCOC(=O)C1=NN(c2ccccc2)C2=NC(c3ccccc3)=C[C@H](c3ccccc3)N12. The van der Waals surface area contributed by atoms with Gasteiger partial charge in [-0.2, -0.15) is 5.01 Å². The van der Waals surface area contributed by atoms with Crippen LogP contribution in [0.4, 0.5) is 5.69 Å². The number of ether oxygens (including phenoxy) is 1. The third-order valence-corrected chi connectivity index (χ3v) is 5.31. The second kappa shape index (κ2) is 8.51. The quantitative estimate of drug-likeness (QED) is 0.552. The zero-order valence-electron chi connectivity index (χ0n) is 17.6. The van der Waals surface area contributed by atoms with Gasteiger partial charge < -0.3 is 4.74 Å². The number of esters is 1. The van der Waals surface area contributed by atoms with Crippen molar-refractivity contribution in [2.75, 3.05) is 11.6 Å². The molecule has 0 unspecified atom stereocenters. The zero-order valence-corrected chi connectivity index (χ0v) is 17.6. The Bertz CT molecular complexity index is 1200. The van der Waals surface area contributed by atoms with Crippen LogP contribution in [0.15, 0.2) is 107 Å². The summed E-state index contributed by atoms with van der Waals surface area (Å²) in [6.07, 6.45) is 2.07. The van der Waals surface area contributed by atoms with Crippen LogP contribution in [0, 0.1) is 0 Å². The number of nitrogens with zero attached hydrogens (tertiary/aromatic N) is 4. The van der Waals surface area contributed by atoms with Gasteiger partial charge in [-0.05, 0) is 30.7 Å². The molecule has 0 radical (unpaired) electrons. The summed E-state index contributed by atoms with van der Waals surface area (Å²) in [6, 6.07) is 29.5. The minimum absolute atomic E-state index is 0.215. The Labute approximate surface area is 186 Å². The first-order chi connectivity index (χ1) is 15.8. The van der Waals surface area contributed by atoms with Crippen molar-refractivity contribution in [2.24, 2.45) is 10.1 Å². The summed E-state index contributed by atoms with van der Waals surface area (Å²) < 4.78 is 5.34. The topological polar surface area (TPSA) is 57.5 Å². The molecule has 0 saturated heterocycles. The van der Waals surface area contributed by atoms with Crippen LogP contribution in [0.25, 0.3) is 5.70 Å². The lowest BCUT2D eigenvalue weighted by Gasteiger charge is -2.32. The molecule has 32 heavy (non-hydrogen) atoms. The van der Waals surface area contributed by atoms with E-state index < -0.39 is 5.97 Å². The van der Waals surface area contributed by atoms with Gasteiger partial charge in [-0.1, -0.05) is 78.9 Å². The molecule has 1 atom stereocenters. The second-order valence-corrected chi connectivity index (χ2v) is 7.35. The summed E-state index contributed by atoms with van der Waals surface area (Å²) in [4.78, 5) is 19.7. The number of hydrazone groups is 1. The molecule has 6 heteroatoms. The molecular weight excluding hydrogens is 400 g/mol. The van der Waals surface area contributed by atoms with Crippen LogP contribution in [-0.4, -0.2) is 29.3 Å². The largest absolute Gasteiger partial charge is 0.460 e. The average Bonchev–Trinajstić information content (AvgIpc) is 3.25. The number of guanidine groups is 1. The van der Waals surface area contributed by atoms with Gasteiger partial charge in [0.05, 0.1) is 24.0 Å². The Kier molecular flexibility index (Phi) is 5.25. The Morgan fingerprint density at radius 2 is 1.53 bits per heavy atom. The molecule has 0 fully saturated rings. The molecule has 0 amide bonds. The van der Waals surface area contributed by atoms with Crippen LogP contribution in [-0.2, 0) is 9.53 Å². The van der Waals surface area contributed by atoms with Crippen LogP contribution in [0.2, 0.25) is 0 Å². The van der Waals surface area contributed by atoms with Crippen LogP contribution < -0.4 is 5.01 Å². The molecule has 0 saturated carbocycles. The van der Waals surface area contributed by atoms with Gasteiger partial charge in [0.15, 0.2) is 0 Å². The van der Waals surface area contributed by atoms with Crippen molar-refractivity contribution in [2.45, 2.75) is 13.0 Å². The molecule has 0 spiro atoms. The summed E-state index contributed by atoms with van der Waals surface area (Å²) in [5.74, 6) is 0.303. The maximum atomic E-state index is 12.9. The Morgan fingerprint density at radius 1 is 0.906 bits per heavy atom. The van der Waals surface area contributed by atoms with E-state index in [-0.39, 0.29) is 18.5 Å². The van der Waals surface area contributed by atoms with Gasteiger partial charge in [-0.3, -0.25) is 4.90 Å². The van der Waals surface area contributed by atoms with Crippen molar-refractivity contribution < 1.29 is 9.53 Å². The first-order valence-electron chi connectivity index (χ1n) is 10.6. The first kappa shape index (κ1) is 19.8. The summed E-state index contributed by atoms with van der Waals surface area (Å²) in [6.45, 7) is 2.06. The van der Waals surface area contributed by atoms with E-state index in [4.69, 9.17) is 9.73 Å². The number of rotatable bonds is 5. The third kappa shape index (κ3) is 3.56. The molecule has 3 aromatic rings. The van der Waals surface area contributed by atoms with E-state index in [9.17, 15) is 4.79 Å². The zero-order chi connectivity index (χ0) is 21.9. The average molecular weight is 422 g/mol. The molecule has 158 valence electrons. The number of anilines is 1. The van der Waals surface area contributed by atoms with E-state index in [0.717, 1.165) is 22.5 Å². The molecule has 3 aromatic carbocycles. The fourth-order valence-electron chi connectivity index (χ4n) is 3.85. The molecule has 0 N–H and O–H groups in total. The molecule has 0 bridgehead atoms. The van der Waals surface area contributed by atoms with E-state index in [1.165, 1.54) is 0 Å². The smallest absolute Gasteiger partial charge is 0.376 e. The Hall–Kier alpha value is -4.19. The van der Waals surface area contributed by atoms with Crippen molar-refractivity contribution in [1.29, 1.82) is 0 Å². The number of hydrogen-bond donors (Lipinski definition) is 0. The number of aliphatic imine (C=N–C) groups is 1. The highest BCUT2D eigenvalue weighted by atomic mass is 16.5. The van der Waals surface area contributed by atoms with Crippen molar-refractivity contribution in [3.05, 3.63) is 108 Å². The minimum Gasteiger partial charge on any atom is -0.460 e. The number of para-hydroxylation sites is 1. The Balaban J connectivity index is 1.68. The van der Waals surface area contributed by atoms with E-state index in [1.807, 2.05) is 95.9 Å². The fourth-order valence-corrected chi connectivity index (χ4v) is 3.85. The summed E-state index contributed by atoms with van der Waals surface area (Å²) in [5.41, 5.74) is 3.67. The first-order valence-corrected chi connectivity index (χ1v) is 10.6. The maximum absolute atomic E-state index is 12.9. The molecule has 5 rings (SSSR count). The maximum Gasteiger partial charge on any atom is 0.376 e. The van der Waals surface area contributed by atoms with Crippen LogP contribution in [0.5, 0.6) is 0 Å². The van der Waals surface area contributed by atoms with Gasteiger partial charge in [0, 0.05) is 5.56 Å². The molecule has 2 heterocycles. The number of hydrogen-bond acceptors (Lipinski definition) is 6. The van der Waals surface area contributed by atoms with Gasteiger partial charge in [-0.25, -0.2) is 9.79 Å². The molecule has 0 aliphatic carbocycles. The van der Waals surface area contributed by atoms with Crippen LogP contribution in [0.1, 0.15) is 24.1 Å². The predicted molar refractivity (Wildman–Crippen MR) is 126 cm³/mol. The number of fused-ring (bicyclic) bond motifs is 1. The number of benzene rings is 3. The molecular formula is C26H22N4O2. The molecule has 6 nitrogen and oxygen atoms in total. The highest BCUT2D eigenvalue weighted by molar-refractivity contribution is 6.41. The standard InChI is InChI=1S/C26H22N4O2/c1-2-32-25(31)24-28-30(21-16-10-5-11-17-21)26-27-22(19-12-6-3-7-13-19)18-23(29(24)26)20-14-8-4-9-15-20/h3-18,23H,2H2,1H3/t23-/m1/s1. The van der Waals surface area contributed by atoms with E-state index in [1.54, 1.807) is 11.9 Å². The van der Waals surface area contributed by atoms with Gasteiger partial charge in [0.25, 0.3) is 0 Å². The second-order valence-electron chi connectivity index (χ2n) is 7.35. The summed E-state index contributed by atoms with van der Waals surface area (Å²) in [7, 11) is 0. The van der Waals surface area contributed by atoms with E-state index >= 15 is 0 Å². The molecule has 2 aliphatic rings. The van der Waals surface area contributed by atoms with Crippen molar-refractivity contribution in [3.63, 3.8) is 0 Å².